The fraction of sp³-hybridized carbons (Fsp3) is 0.394. The van der Waals surface area contributed by atoms with Crippen molar-refractivity contribution in [2.24, 2.45) is 0 Å². The van der Waals surface area contributed by atoms with E-state index >= 15 is 0 Å². The predicted molar refractivity (Wildman–Crippen MR) is 161 cm³/mol. The summed E-state index contributed by atoms with van der Waals surface area (Å²) < 4.78 is 5.43. The second kappa shape index (κ2) is 14.9. The average Bonchev–Trinajstić information content (AvgIpc) is 3.49. The summed E-state index contributed by atoms with van der Waals surface area (Å²) in [6, 6.07) is 27.8. The van der Waals surface area contributed by atoms with E-state index in [1.54, 1.807) is 12.1 Å². The van der Waals surface area contributed by atoms with Crippen LogP contribution in [-0.4, -0.2) is 72.5 Å². The molecule has 0 radical (unpaired) electrons. The highest BCUT2D eigenvalue weighted by atomic mass is 35.5. The number of piperidine rings is 1. The summed E-state index contributed by atoms with van der Waals surface area (Å²) in [6.07, 6.45) is 2.89. The lowest BCUT2D eigenvalue weighted by molar-refractivity contribution is 0.0664. The summed E-state index contributed by atoms with van der Waals surface area (Å²) >= 11 is 6.10. The summed E-state index contributed by atoms with van der Waals surface area (Å²) in [5.41, 5.74) is 2.94. The summed E-state index contributed by atoms with van der Waals surface area (Å²) in [5, 5.41) is 0.528. The predicted octanol–water partition coefficient (Wildman–Crippen LogP) is 6.71. The van der Waals surface area contributed by atoms with Gasteiger partial charge in [-0.1, -0.05) is 84.4 Å². The minimum absolute atomic E-state index is 0.0361. The highest BCUT2D eigenvalue weighted by Gasteiger charge is 2.29. The van der Waals surface area contributed by atoms with Gasteiger partial charge in [0.25, 0.3) is 5.91 Å². The van der Waals surface area contributed by atoms with Crippen LogP contribution < -0.4 is 0 Å². The van der Waals surface area contributed by atoms with Gasteiger partial charge in [-0.05, 0) is 69.6 Å². The molecule has 0 N–H and O–H groups in total. The Morgan fingerprint density at radius 2 is 1.50 bits per heavy atom. The molecule has 6 nitrogen and oxygen atoms in total. The molecule has 1 atom stereocenters. The van der Waals surface area contributed by atoms with Gasteiger partial charge in [-0.15, -0.1) is 0 Å². The zero-order chi connectivity index (χ0) is 28.3. The molecule has 40 heavy (non-hydrogen) atoms. The number of hydrogen-bond donors (Lipinski definition) is 0. The SMILES string of the molecule is CCN(C(=O)OCc1ccccc1)C1CCN(C)CC1.O=C(c1ccccc1Cl)N1CC[C@H](c2ccccc2)C1. The number of carbonyl (C=O) groups is 2. The van der Waals surface area contributed by atoms with E-state index in [1.807, 2.05) is 77.4 Å². The normalized spacial score (nSPS) is 17.6. The van der Waals surface area contributed by atoms with Crippen LogP contribution in [0.25, 0.3) is 0 Å². The van der Waals surface area contributed by atoms with Crippen molar-refractivity contribution in [3.05, 3.63) is 107 Å². The molecule has 5 rings (SSSR count). The molecule has 0 aliphatic carbocycles. The number of halogens is 1. The first-order valence-corrected chi connectivity index (χ1v) is 14.6. The lowest BCUT2D eigenvalue weighted by atomic mass is 9.99. The van der Waals surface area contributed by atoms with Crippen molar-refractivity contribution in [3.63, 3.8) is 0 Å². The number of carbonyl (C=O) groups excluding carboxylic acids is 2. The monoisotopic (exact) mass is 561 g/mol. The Labute approximate surface area is 243 Å². The molecular weight excluding hydrogens is 522 g/mol. The molecule has 0 bridgehead atoms. The van der Waals surface area contributed by atoms with Crippen molar-refractivity contribution >= 4 is 23.6 Å². The van der Waals surface area contributed by atoms with Gasteiger partial charge in [-0.2, -0.15) is 0 Å². The van der Waals surface area contributed by atoms with Crippen molar-refractivity contribution in [1.29, 1.82) is 0 Å². The second-order valence-electron chi connectivity index (χ2n) is 10.5. The smallest absolute Gasteiger partial charge is 0.410 e. The number of ether oxygens (including phenoxy) is 1. The van der Waals surface area contributed by atoms with Crippen molar-refractivity contribution in [2.75, 3.05) is 39.8 Å². The Bertz CT molecular complexity index is 1220. The summed E-state index contributed by atoms with van der Waals surface area (Å²) in [6.45, 7) is 6.74. The van der Waals surface area contributed by atoms with Gasteiger partial charge >= 0.3 is 6.09 Å². The van der Waals surface area contributed by atoms with E-state index in [1.165, 1.54) is 5.56 Å². The van der Waals surface area contributed by atoms with E-state index in [0.717, 1.165) is 51.0 Å². The van der Waals surface area contributed by atoms with E-state index in [9.17, 15) is 9.59 Å². The molecule has 212 valence electrons. The Hall–Kier alpha value is -3.35. The van der Waals surface area contributed by atoms with Crippen LogP contribution in [0.2, 0.25) is 5.02 Å². The van der Waals surface area contributed by atoms with Crippen molar-refractivity contribution in [1.82, 2.24) is 14.7 Å². The van der Waals surface area contributed by atoms with E-state index < -0.39 is 0 Å². The molecule has 7 heteroatoms. The van der Waals surface area contributed by atoms with Gasteiger partial charge < -0.3 is 19.4 Å². The molecule has 0 saturated carbocycles. The van der Waals surface area contributed by atoms with Crippen LogP contribution in [0, 0.1) is 0 Å². The first-order chi connectivity index (χ1) is 19.5. The minimum Gasteiger partial charge on any atom is -0.445 e. The maximum atomic E-state index is 12.5. The molecule has 2 saturated heterocycles. The third kappa shape index (κ3) is 8.09. The molecule has 0 unspecified atom stereocenters. The Kier molecular flexibility index (Phi) is 11.0. The molecule has 0 aromatic heterocycles. The van der Waals surface area contributed by atoms with Gasteiger partial charge in [-0.25, -0.2) is 4.79 Å². The topological polar surface area (TPSA) is 53.1 Å². The number of likely N-dealkylation sites (tertiary alicyclic amines) is 2. The van der Waals surface area contributed by atoms with E-state index in [-0.39, 0.29) is 12.0 Å². The molecule has 3 aromatic carbocycles. The minimum atomic E-state index is -0.189. The summed E-state index contributed by atoms with van der Waals surface area (Å²) in [4.78, 5) is 30.8. The molecule has 2 aliphatic rings. The van der Waals surface area contributed by atoms with Crippen LogP contribution in [0.1, 0.15) is 53.6 Å². The average molecular weight is 562 g/mol. The zero-order valence-electron chi connectivity index (χ0n) is 23.5. The van der Waals surface area contributed by atoms with E-state index in [0.29, 0.717) is 35.7 Å². The van der Waals surface area contributed by atoms with Crippen LogP contribution in [0.15, 0.2) is 84.9 Å². The molecule has 0 spiro atoms. The maximum Gasteiger partial charge on any atom is 0.410 e. The molecule has 2 aliphatic heterocycles. The first kappa shape index (κ1) is 29.6. The third-order valence-electron chi connectivity index (χ3n) is 7.76. The number of amides is 2. The lowest BCUT2D eigenvalue weighted by Gasteiger charge is -2.36. The van der Waals surface area contributed by atoms with Crippen LogP contribution in [-0.2, 0) is 11.3 Å². The van der Waals surface area contributed by atoms with E-state index in [4.69, 9.17) is 16.3 Å². The van der Waals surface area contributed by atoms with Crippen LogP contribution in [0.3, 0.4) is 0 Å². The second-order valence-corrected chi connectivity index (χ2v) is 10.9. The largest absolute Gasteiger partial charge is 0.445 e. The van der Waals surface area contributed by atoms with Gasteiger partial charge in [0.2, 0.25) is 0 Å². The van der Waals surface area contributed by atoms with Crippen molar-refractivity contribution in [3.8, 4) is 0 Å². The standard InChI is InChI=1S/C17H16ClNO.C16H24N2O2/c18-16-9-5-4-8-15(16)17(20)19-11-10-14(12-19)13-6-2-1-3-7-13;1-3-18(15-9-11-17(2)12-10-15)16(19)20-13-14-7-5-4-6-8-14/h1-9,14H,10-12H2;4-8,15H,3,9-13H2,1-2H3/t14-;/m0./s1. The number of hydrogen-bond acceptors (Lipinski definition) is 4. The maximum absolute atomic E-state index is 12.5. The van der Waals surface area contributed by atoms with Gasteiger partial charge in [0.05, 0.1) is 10.6 Å². The molecule has 2 fully saturated rings. The summed E-state index contributed by atoms with van der Waals surface area (Å²) in [7, 11) is 2.13. The van der Waals surface area contributed by atoms with E-state index in [2.05, 4.69) is 24.1 Å². The Morgan fingerprint density at radius 1 is 0.875 bits per heavy atom. The highest BCUT2D eigenvalue weighted by Crippen LogP contribution is 2.29. The number of rotatable bonds is 6. The van der Waals surface area contributed by atoms with Crippen molar-refractivity contribution < 1.29 is 14.3 Å². The van der Waals surface area contributed by atoms with Crippen LogP contribution in [0.5, 0.6) is 0 Å². The third-order valence-corrected chi connectivity index (χ3v) is 8.09. The molecule has 2 heterocycles. The van der Waals surface area contributed by atoms with Crippen molar-refractivity contribution in [2.45, 2.75) is 44.8 Å². The Balaban J connectivity index is 0.000000185. The van der Waals surface area contributed by atoms with Gasteiger partial charge in [0.1, 0.15) is 6.61 Å². The molecule has 3 aromatic rings. The fourth-order valence-corrected chi connectivity index (χ4v) is 5.61. The number of benzene rings is 3. The Morgan fingerprint density at radius 3 is 2.15 bits per heavy atom. The lowest BCUT2D eigenvalue weighted by Crippen LogP contribution is -2.46. The zero-order valence-corrected chi connectivity index (χ0v) is 24.3. The van der Waals surface area contributed by atoms with Gasteiger partial charge in [0.15, 0.2) is 0 Å². The number of nitrogens with zero attached hydrogens (tertiary/aromatic N) is 3. The van der Waals surface area contributed by atoms with Gasteiger partial charge in [0, 0.05) is 31.6 Å². The van der Waals surface area contributed by atoms with Gasteiger partial charge in [-0.3, -0.25) is 4.79 Å². The molecule has 2 amide bonds. The molecular formula is C33H40ClN3O3. The van der Waals surface area contributed by atoms with Crippen LogP contribution >= 0.6 is 11.6 Å². The first-order valence-electron chi connectivity index (χ1n) is 14.2. The van der Waals surface area contributed by atoms with Crippen LogP contribution in [0.4, 0.5) is 4.79 Å². The summed E-state index contributed by atoms with van der Waals surface area (Å²) in [5.74, 6) is 0.469. The quantitative estimate of drug-likeness (QED) is 0.336. The fourth-order valence-electron chi connectivity index (χ4n) is 5.39. The highest BCUT2D eigenvalue weighted by molar-refractivity contribution is 6.33.